The number of rotatable bonds is 1. The average molecular weight is 302 g/mol. The molecule has 0 unspecified atom stereocenters. The van der Waals surface area contributed by atoms with Gasteiger partial charge in [-0.1, -0.05) is 11.6 Å². The molecule has 1 heterocycles. The summed E-state index contributed by atoms with van der Waals surface area (Å²) in [6, 6.07) is 1.73. The van der Waals surface area contributed by atoms with E-state index in [1.54, 1.807) is 4.90 Å². The Hall–Kier alpha value is -1.20. The Morgan fingerprint density at radius 1 is 1.30 bits per heavy atom. The predicted molar refractivity (Wildman–Crippen MR) is 69.8 cm³/mol. The lowest BCUT2D eigenvalue weighted by Crippen LogP contribution is -2.51. The van der Waals surface area contributed by atoms with Crippen LogP contribution in [0.3, 0.4) is 0 Å². The molecule has 1 aromatic carbocycles. The number of morpholine rings is 1. The Bertz CT molecular complexity index is 552. The number of hydrogen-bond donors (Lipinski definition) is 0. The van der Waals surface area contributed by atoms with Gasteiger partial charge in [0.15, 0.2) is 11.6 Å². The Balaban J connectivity index is 1.90. The summed E-state index contributed by atoms with van der Waals surface area (Å²) in [7, 11) is 0. The van der Waals surface area contributed by atoms with Crippen LogP contribution in [0, 0.1) is 11.6 Å². The van der Waals surface area contributed by atoms with Crippen LogP contribution in [-0.2, 0) is 4.74 Å². The normalized spacial score (nSPS) is 25.6. The number of hydrogen-bond acceptors (Lipinski definition) is 2. The molecule has 1 saturated heterocycles. The van der Waals surface area contributed by atoms with Crippen LogP contribution in [0.25, 0.3) is 0 Å². The SMILES string of the molecule is O=C(c1cc(F)c(F)cc1Cl)N1CCO[C@H]2CCC[C@@H]21. The van der Waals surface area contributed by atoms with Crippen LogP contribution in [0.15, 0.2) is 12.1 Å². The molecular formula is C14H14ClF2NO2. The largest absolute Gasteiger partial charge is 0.374 e. The fraction of sp³-hybridized carbons (Fsp3) is 0.500. The number of nitrogens with zero attached hydrogens (tertiary/aromatic N) is 1. The van der Waals surface area contributed by atoms with Crippen molar-refractivity contribution in [1.29, 1.82) is 0 Å². The minimum absolute atomic E-state index is 0.0121. The fourth-order valence-corrected chi connectivity index (χ4v) is 3.25. The van der Waals surface area contributed by atoms with Crippen LogP contribution >= 0.6 is 11.6 Å². The predicted octanol–water partition coefficient (Wildman–Crippen LogP) is 3.01. The Labute approximate surface area is 120 Å². The van der Waals surface area contributed by atoms with E-state index in [4.69, 9.17) is 16.3 Å². The summed E-state index contributed by atoms with van der Waals surface area (Å²) < 4.78 is 32.0. The van der Waals surface area contributed by atoms with Crippen LogP contribution in [0.2, 0.25) is 5.02 Å². The number of halogens is 3. The number of carbonyl (C=O) groups excluding carboxylic acids is 1. The van der Waals surface area contributed by atoms with Crippen molar-refractivity contribution < 1.29 is 18.3 Å². The van der Waals surface area contributed by atoms with Crippen molar-refractivity contribution in [3.05, 3.63) is 34.4 Å². The summed E-state index contributed by atoms with van der Waals surface area (Å²) in [6.45, 7) is 0.920. The molecule has 1 amide bonds. The lowest BCUT2D eigenvalue weighted by molar-refractivity contribution is -0.0445. The topological polar surface area (TPSA) is 29.5 Å². The first kappa shape index (κ1) is 13.8. The van der Waals surface area contributed by atoms with E-state index in [2.05, 4.69) is 0 Å². The Morgan fingerprint density at radius 3 is 2.85 bits per heavy atom. The van der Waals surface area contributed by atoms with Gasteiger partial charge in [0.2, 0.25) is 0 Å². The molecule has 1 aromatic rings. The van der Waals surface area contributed by atoms with Gasteiger partial charge in [0.1, 0.15) is 0 Å². The van der Waals surface area contributed by atoms with Gasteiger partial charge in [0.25, 0.3) is 5.91 Å². The summed E-state index contributed by atoms with van der Waals surface area (Å²) in [5.41, 5.74) is 0.0121. The minimum Gasteiger partial charge on any atom is -0.374 e. The second-order valence-electron chi connectivity index (χ2n) is 5.15. The van der Waals surface area contributed by atoms with Crippen molar-refractivity contribution in [1.82, 2.24) is 4.90 Å². The Morgan fingerprint density at radius 2 is 2.05 bits per heavy atom. The molecule has 108 valence electrons. The van der Waals surface area contributed by atoms with Gasteiger partial charge in [0, 0.05) is 6.54 Å². The van der Waals surface area contributed by atoms with Crippen LogP contribution in [-0.4, -0.2) is 36.1 Å². The molecule has 6 heteroatoms. The van der Waals surface area contributed by atoms with Gasteiger partial charge in [0.05, 0.1) is 29.3 Å². The van der Waals surface area contributed by atoms with E-state index in [1.807, 2.05) is 0 Å². The first-order valence-electron chi connectivity index (χ1n) is 6.65. The minimum atomic E-state index is -1.06. The number of amides is 1. The third-order valence-electron chi connectivity index (χ3n) is 3.98. The summed E-state index contributed by atoms with van der Waals surface area (Å²) in [6.07, 6.45) is 2.86. The van der Waals surface area contributed by atoms with Crippen molar-refractivity contribution in [3.8, 4) is 0 Å². The highest BCUT2D eigenvalue weighted by atomic mass is 35.5. The van der Waals surface area contributed by atoms with Gasteiger partial charge >= 0.3 is 0 Å². The van der Waals surface area contributed by atoms with Gasteiger partial charge in [-0.15, -0.1) is 0 Å². The smallest absolute Gasteiger partial charge is 0.255 e. The zero-order valence-corrected chi connectivity index (χ0v) is 11.5. The number of ether oxygens (including phenoxy) is 1. The summed E-state index contributed by atoms with van der Waals surface area (Å²) in [5, 5.41) is -0.0602. The molecule has 0 N–H and O–H groups in total. The van der Waals surface area contributed by atoms with Crippen LogP contribution in [0.1, 0.15) is 29.6 Å². The Kier molecular flexibility index (Phi) is 3.65. The first-order chi connectivity index (χ1) is 9.58. The summed E-state index contributed by atoms with van der Waals surface area (Å²) in [5.74, 6) is -2.46. The van der Waals surface area contributed by atoms with E-state index in [1.165, 1.54) is 0 Å². The van der Waals surface area contributed by atoms with Crippen LogP contribution in [0.5, 0.6) is 0 Å². The zero-order chi connectivity index (χ0) is 14.3. The zero-order valence-electron chi connectivity index (χ0n) is 10.7. The van der Waals surface area contributed by atoms with E-state index < -0.39 is 11.6 Å². The molecule has 3 rings (SSSR count). The molecule has 0 bridgehead atoms. The maximum absolute atomic E-state index is 13.3. The quantitative estimate of drug-likeness (QED) is 0.746. The molecule has 1 aliphatic carbocycles. The molecule has 2 atom stereocenters. The molecule has 2 aliphatic rings. The van der Waals surface area contributed by atoms with Crippen LogP contribution in [0.4, 0.5) is 8.78 Å². The molecule has 1 aliphatic heterocycles. The fourth-order valence-electron chi connectivity index (χ4n) is 3.02. The molecule has 0 radical (unpaired) electrons. The van der Waals surface area contributed by atoms with Gasteiger partial charge < -0.3 is 9.64 Å². The van der Waals surface area contributed by atoms with Gasteiger partial charge in [-0.3, -0.25) is 4.79 Å². The molecule has 3 nitrogen and oxygen atoms in total. The van der Waals surface area contributed by atoms with Gasteiger partial charge in [-0.2, -0.15) is 0 Å². The number of benzene rings is 1. The highest BCUT2D eigenvalue weighted by Crippen LogP contribution is 2.32. The standard InChI is InChI=1S/C14H14ClF2NO2/c15-9-7-11(17)10(16)6-8(9)14(19)18-4-5-20-13-3-1-2-12(13)18/h6-7,12-13H,1-5H2/t12-,13-/m0/s1. The summed E-state index contributed by atoms with van der Waals surface area (Å²) >= 11 is 5.87. The monoisotopic (exact) mass is 301 g/mol. The van der Waals surface area contributed by atoms with Crippen LogP contribution < -0.4 is 0 Å². The van der Waals surface area contributed by atoms with E-state index in [0.29, 0.717) is 13.2 Å². The lowest BCUT2D eigenvalue weighted by atomic mass is 10.1. The number of fused-ring (bicyclic) bond motifs is 1. The summed E-state index contributed by atoms with van der Waals surface area (Å²) in [4.78, 5) is 14.2. The van der Waals surface area contributed by atoms with Crippen molar-refractivity contribution in [2.45, 2.75) is 31.4 Å². The maximum Gasteiger partial charge on any atom is 0.255 e. The molecule has 20 heavy (non-hydrogen) atoms. The van der Waals surface area contributed by atoms with E-state index >= 15 is 0 Å². The van der Waals surface area contributed by atoms with Gasteiger partial charge in [-0.25, -0.2) is 8.78 Å². The van der Waals surface area contributed by atoms with Crippen molar-refractivity contribution in [2.24, 2.45) is 0 Å². The second kappa shape index (κ2) is 5.30. The first-order valence-corrected chi connectivity index (χ1v) is 7.03. The molecule has 1 saturated carbocycles. The third-order valence-corrected chi connectivity index (χ3v) is 4.30. The highest BCUT2D eigenvalue weighted by Gasteiger charge is 2.39. The molecule has 0 aromatic heterocycles. The highest BCUT2D eigenvalue weighted by molar-refractivity contribution is 6.33. The van der Waals surface area contributed by atoms with E-state index in [-0.39, 0.29) is 28.6 Å². The second-order valence-corrected chi connectivity index (χ2v) is 5.56. The van der Waals surface area contributed by atoms with Crippen molar-refractivity contribution in [2.75, 3.05) is 13.2 Å². The van der Waals surface area contributed by atoms with E-state index in [0.717, 1.165) is 31.4 Å². The van der Waals surface area contributed by atoms with Gasteiger partial charge in [-0.05, 0) is 31.4 Å². The van der Waals surface area contributed by atoms with E-state index in [9.17, 15) is 13.6 Å². The lowest BCUT2D eigenvalue weighted by Gasteiger charge is -2.37. The maximum atomic E-state index is 13.3. The third kappa shape index (κ3) is 2.29. The average Bonchev–Trinajstić information content (AvgIpc) is 2.90. The molecular weight excluding hydrogens is 288 g/mol. The number of carbonyl (C=O) groups is 1. The van der Waals surface area contributed by atoms with Crippen molar-refractivity contribution in [3.63, 3.8) is 0 Å². The molecule has 0 spiro atoms. The van der Waals surface area contributed by atoms with Crippen molar-refractivity contribution >= 4 is 17.5 Å². The molecule has 2 fully saturated rings.